The lowest BCUT2D eigenvalue weighted by Gasteiger charge is -2.35. The van der Waals surface area contributed by atoms with Crippen LogP contribution < -0.4 is 14.4 Å². The molecule has 27 heavy (non-hydrogen) atoms. The molecule has 0 bridgehead atoms. The minimum absolute atomic E-state index is 0.142. The summed E-state index contributed by atoms with van der Waals surface area (Å²) in [6.45, 7) is 3.22. The molecular weight excluding hydrogens is 344 g/mol. The third-order valence-electron chi connectivity index (χ3n) is 5.42. The third kappa shape index (κ3) is 3.41. The van der Waals surface area contributed by atoms with E-state index in [1.165, 1.54) is 12.8 Å². The van der Waals surface area contributed by atoms with Gasteiger partial charge in [0.15, 0.2) is 17.3 Å². The normalized spacial score (nSPS) is 18.7. The average molecular weight is 366 g/mol. The highest BCUT2D eigenvalue weighted by Crippen LogP contribution is 2.38. The number of ether oxygens (including phenoxy) is 2. The van der Waals surface area contributed by atoms with Crippen molar-refractivity contribution in [2.75, 3.05) is 37.9 Å². The first-order valence-corrected chi connectivity index (χ1v) is 9.51. The molecule has 3 aliphatic rings. The minimum atomic E-state index is 0.142. The second kappa shape index (κ2) is 6.72. The molecule has 2 aromatic rings. The Labute approximate surface area is 157 Å². The fourth-order valence-electron chi connectivity index (χ4n) is 3.62. The monoisotopic (exact) mass is 366 g/mol. The molecule has 1 aromatic heterocycles. The van der Waals surface area contributed by atoms with Crippen LogP contribution in [0, 0.1) is 0 Å². The molecule has 1 aromatic carbocycles. The maximum atomic E-state index is 12.6. The Bertz CT molecular complexity index is 843. The molecule has 2 fully saturated rings. The van der Waals surface area contributed by atoms with E-state index in [0.29, 0.717) is 25.4 Å². The molecule has 3 heterocycles. The summed E-state index contributed by atoms with van der Waals surface area (Å²) in [5.41, 5.74) is 2.06. The van der Waals surface area contributed by atoms with E-state index in [-0.39, 0.29) is 12.7 Å². The zero-order chi connectivity index (χ0) is 18.2. The Kier molecular flexibility index (Phi) is 4.07. The van der Waals surface area contributed by atoms with Gasteiger partial charge in [0.2, 0.25) is 12.7 Å². The standard InChI is InChI=1S/C20H22N4O3/c25-20(12-14-1-5-17-18(11-14)27-13-26-17)24-9-7-23(8-10-24)19-6-4-16(21-22-19)15-2-3-15/h1,4-6,11,15H,2-3,7-10,12-13H2. The maximum absolute atomic E-state index is 12.6. The van der Waals surface area contributed by atoms with Gasteiger partial charge in [-0.2, -0.15) is 5.10 Å². The maximum Gasteiger partial charge on any atom is 0.231 e. The molecule has 1 amide bonds. The van der Waals surface area contributed by atoms with Crippen molar-refractivity contribution in [1.29, 1.82) is 0 Å². The van der Waals surface area contributed by atoms with Gasteiger partial charge in [-0.15, -0.1) is 5.10 Å². The lowest BCUT2D eigenvalue weighted by atomic mass is 10.1. The lowest BCUT2D eigenvalue weighted by molar-refractivity contribution is -0.130. The molecule has 1 saturated carbocycles. The SMILES string of the molecule is O=C(Cc1ccc2c(c1)OCO2)N1CCN(c2ccc(C3CC3)nn2)CC1. The van der Waals surface area contributed by atoms with E-state index in [4.69, 9.17) is 9.47 Å². The number of anilines is 1. The molecule has 0 N–H and O–H groups in total. The first-order chi connectivity index (χ1) is 13.3. The number of aromatic nitrogens is 2. The first-order valence-electron chi connectivity index (χ1n) is 9.51. The number of hydrogen-bond donors (Lipinski definition) is 0. The van der Waals surface area contributed by atoms with Gasteiger partial charge in [0.25, 0.3) is 0 Å². The average Bonchev–Trinajstić information content (AvgIpc) is 3.46. The van der Waals surface area contributed by atoms with E-state index >= 15 is 0 Å². The molecule has 2 aliphatic heterocycles. The molecule has 7 heteroatoms. The van der Waals surface area contributed by atoms with Crippen molar-refractivity contribution >= 4 is 11.7 Å². The van der Waals surface area contributed by atoms with Crippen LogP contribution in [0.5, 0.6) is 11.5 Å². The quantitative estimate of drug-likeness (QED) is 0.824. The van der Waals surface area contributed by atoms with Crippen LogP contribution >= 0.6 is 0 Å². The Morgan fingerprint density at radius 3 is 2.56 bits per heavy atom. The molecule has 1 aliphatic carbocycles. The van der Waals surface area contributed by atoms with Gasteiger partial charge in [0.1, 0.15) is 0 Å². The summed E-state index contributed by atoms with van der Waals surface area (Å²) in [4.78, 5) is 16.8. The van der Waals surface area contributed by atoms with Gasteiger partial charge in [-0.25, -0.2) is 0 Å². The topological polar surface area (TPSA) is 67.8 Å². The zero-order valence-electron chi connectivity index (χ0n) is 15.1. The molecule has 7 nitrogen and oxygen atoms in total. The number of amides is 1. The molecule has 0 unspecified atom stereocenters. The number of hydrogen-bond acceptors (Lipinski definition) is 6. The van der Waals surface area contributed by atoms with Crippen LogP contribution in [-0.2, 0) is 11.2 Å². The van der Waals surface area contributed by atoms with E-state index in [2.05, 4.69) is 27.2 Å². The van der Waals surface area contributed by atoms with Crippen molar-refractivity contribution in [2.45, 2.75) is 25.2 Å². The number of carbonyl (C=O) groups is 1. The van der Waals surface area contributed by atoms with Gasteiger partial charge < -0.3 is 19.3 Å². The summed E-state index contributed by atoms with van der Waals surface area (Å²) in [6.07, 6.45) is 2.85. The number of nitrogens with zero attached hydrogens (tertiary/aromatic N) is 4. The minimum Gasteiger partial charge on any atom is -0.454 e. The summed E-state index contributed by atoms with van der Waals surface area (Å²) in [5, 5.41) is 8.74. The van der Waals surface area contributed by atoms with Crippen LogP contribution in [0.15, 0.2) is 30.3 Å². The largest absolute Gasteiger partial charge is 0.454 e. The number of carbonyl (C=O) groups excluding carboxylic acids is 1. The molecule has 0 radical (unpaired) electrons. The Balaban J connectivity index is 1.17. The summed E-state index contributed by atoms with van der Waals surface area (Å²) >= 11 is 0. The Morgan fingerprint density at radius 1 is 1.00 bits per heavy atom. The van der Waals surface area contributed by atoms with Crippen LogP contribution in [0.1, 0.15) is 30.0 Å². The fraction of sp³-hybridized carbons (Fsp3) is 0.450. The predicted molar refractivity (Wildman–Crippen MR) is 99.1 cm³/mol. The van der Waals surface area contributed by atoms with Gasteiger partial charge in [-0.3, -0.25) is 4.79 Å². The third-order valence-corrected chi connectivity index (χ3v) is 5.42. The number of fused-ring (bicyclic) bond motifs is 1. The second-order valence-corrected chi connectivity index (χ2v) is 7.32. The molecule has 5 rings (SSSR count). The highest BCUT2D eigenvalue weighted by Gasteiger charge is 2.26. The number of piperazine rings is 1. The van der Waals surface area contributed by atoms with E-state index in [9.17, 15) is 4.79 Å². The second-order valence-electron chi connectivity index (χ2n) is 7.32. The van der Waals surface area contributed by atoms with E-state index in [0.717, 1.165) is 41.7 Å². The van der Waals surface area contributed by atoms with Crippen LogP contribution in [0.2, 0.25) is 0 Å². The van der Waals surface area contributed by atoms with Crippen LogP contribution in [0.4, 0.5) is 5.82 Å². The summed E-state index contributed by atoms with van der Waals surface area (Å²) in [6, 6.07) is 9.85. The zero-order valence-corrected chi connectivity index (χ0v) is 15.1. The van der Waals surface area contributed by atoms with E-state index < -0.39 is 0 Å². The highest BCUT2D eigenvalue weighted by molar-refractivity contribution is 5.79. The first kappa shape index (κ1) is 16.4. The van der Waals surface area contributed by atoms with Crippen LogP contribution in [0.3, 0.4) is 0 Å². The van der Waals surface area contributed by atoms with Gasteiger partial charge >= 0.3 is 0 Å². The van der Waals surface area contributed by atoms with Gasteiger partial charge in [-0.1, -0.05) is 6.07 Å². The summed E-state index contributed by atoms with van der Waals surface area (Å²) < 4.78 is 10.7. The summed E-state index contributed by atoms with van der Waals surface area (Å²) in [5.74, 6) is 3.13. The van der Waals surface area contributed by atoms with Crippen LogP contribution in [-0.4, -0.2) is 54.0 Å². The Morgan fingerprint density at radius 2 is 1.81 bits per heavy atom. The summed E-state index contributed by atoms with van der Waals surface area (Å²) in [7, 11) is 0. The van der Waals surface area contributed by atoms with E-state index in [1.807, 2.05) is 23.1 Å². The van der Waals surface area contributed by atoms with Crippen molar-refractivity contribution in [3.8, 4) is 11.5 Å². The fourth-order valence-corrected chi connectivity index (χ4v) is 3.62. The van der Waals surface area contributed by atoms with Gasteiger partial charge in [0, 0.05) is 32.1 Å². The molecule has 1 saturated heterocycles. The number of rotatable bonds is 4. The smallest absolute Gasteiger partial charge is 0.231 e. The van der Waals surface area contributed by atoms with Crippen molar-refractivity contribution in [3.05, 3.63) is 41.6 Å². The van der Waals surface area contributed by atoms with Crippen LogP contribution in [0.25, 0.3) is 0 Å². The number of benzene rings is 1. The molecule has 0 atom stereocenters. The Hall–Kier alpha value is -2.83. The van der Waals surface area contributed by atoms with E-state index in [1.54, 1.807) is 0 Å². The molecule has 140 valence electrons. The van der Waals surface area contributed by atoms with Gasteiger partial charge in [-0.05, 0) is 42.7 Å². The predicted octanol–water partition coefficient (Wildman–Crippen LogP) is 1.97. The van der Waals surface area contributed by atoms with Crippen molar-refractivity contribution in [3.63, 3.8) is 0 Å². The van der Waals surface area contributed by atoms with Crippen molar-refractivity contribution in [2.24, 2.45) is 0 Å². The molecule has 0 spiro atoms. The molecular formula is C20H22N4O3. The van der Waals surface area contributed by atoms with Crippen molar-refractivity contribution in [1.82, 2.24) is 15.1 Å². The van der Waals surface area contributed by atoms with Gasteiger partial charge in [0.05, 0.1) is 12.1 Å². The lowest BCUT2D eigenvalue weighted by Crippen LogP contribution is -2.49. The van der Waals surface area contributed by atoms with Crippen molar-refractivity contribution < 1.29 is 14.3 Å². The highest BCUT2D eigenvalue weighted by atomic mass is 16.7.